The van der Waals surface area contributed by atoms with Gasteiger partial charge in [-0.25, -0.2) is 0 Å². The van der Waals surface area contributed by atoms with Crippen LogP contribution in [0.5, 0.6) is 0 Å². The van der Waals surface area contributed by atoms with Crippen molar-refractivity contribution in [1.82, 2.24) is 10.6 Å². The van der Waals surface area contributed by atoms with E-state index in [-0.39, 0.29) is 23.9 Å². The number of piperidine rings is 1. The molecule has 4 atom stereocenters. The Bertz CT molecular complexity index is 620. The standard InChI is InChI=1S/C20H28N2O2/c1-4-14-10-19(23)22-18-11-16(5-6-17(14)18)21-20(24)15-8-12(2)7-13(3)9-15/h7-9,14,16-18H,4-6,10-11H2,1-3H3,(H,21,24)(H,22,23). The maximum Gasteiger partial charge on any atom is 0.251 e. The van der Waals surface area contributed by atoms with Crippen molar-refractivity contribution >= 4 is 11.8 Å². The number of benzene rings is 1. The Kier molecular flexibility index (Phi) is 4.93. The minimum Gasteiger partial charge on any atom is -0.353 e. The van der Waals surface area contributed by atoms with E-state index in [0.717, 1.165) is 42.4 Å². The van der Waals surface area contributed by atoms with E-state index >= 15 is 0 Å². The molecule has 2 amide bonds. The second kappa shape index (κ2) is 6.96. The van der Waals surface area contributed by atoms with Crippen LogP contribution in [0.15, 0.2) is 18.2 Å². The number of hydrogen-bond acceptors (Lipinski definition) is 2. The molecular weight excluding hydrogens is 300 g/mol. The zero-order valence-corrected chi connectivity index (χ0v) is 14.9. The number of hydrogen-bond donors (Lipinski definition) is 2. The molecule has 2 aliphatic rings. The summed E-state index contributed by atoms with van der Waals surface area (Å²) in [6.07, 6.45) is 4.67. The summed E-state index contributed by atoms with van der Waals surface area (Å²) >= 11 is 0. The Morgan fingerprint density at radius 2 is 1.92 bits per heavy atom. The van der Waals surface area contributed by atoms with Crippen molar-refractivity contribution in [3.8, 4) is 0 Å². The highest BCUT2D eigenvalue weighted by Gasteiger charge is 2.40. The van der Waals surface area contributed by atoms with Gasteiger partial charge in [-0.1, -0.05) is 30.5 Å². The third-order valence-electron chi connectivity index (χ3n) is 5.65. The molecule has 1 aliphatic carbocycles. The summed E-state index contributed by atoms with van der Waals surface area (Å²) in [5.74, 6) is 1.24. The van der Waals surface area contributed by atoms with Crippen molar-refractivity contribution in [1.29, 1.82) is 0 Å². The summed E-state index contributed by atoms with van der Waals surface area (Å²) in [5.41, 5.74) is 2.94. The molecule has 1 aromatic rings. The van der Waals surface area contributed by atoms with Gasteiger partial charge in [0, 0.05) is 24.1 Å². The van der Waals surface area contributed by atoms with Crippen molar-refractivity contribution in [3.05, 3.63) is 34.9 Å². The van der Waals surface area contributed by atoms with Crippen LogP contribution in [-0.2, 0) is 4.79 Å². The predicted octanol–water partition coefficient (Wildman–Crippen LogP) is 3.12. The topological polar surface area (TPSA) is 58.2 Å². The van der Waals surface area contributed by atoms with Crippen LogP contribution < -0.4 is 10.6 Å². The van der Waals surface area contributed by atoms with Crippen molar-refractivity contribution in [2.75, 3.05) is 0 Å². The highest BCUT2D eigenvalue weighted by Crippen LogP contribution is 2.37. The monoisotopic (exact) mass is 328 g/mol. The second-order valence-electron chi connectivity index (χ2n) is 7.57. The first kappa shape index (κ1) is 17.0. The van der Waals surface area contributed by atoms with E-state index in [1.54, 1.807) is 0 Å². The first-order valence-corrected chi connectivity index (χ1v) is 9.14. The molecule has 4 nitrogen and oxygen atoms in total. The number of carbonyl (C=O) groups excluding carboxylic acids is 2. The number of rotatable bonds is 3. The summed E-state index contributed by atoms with van der Waals surface area (Å²) in [7, 11) is 0. The lowest BCUT2D eigenvalue weighted by Gasteiger charge is -2.44. The quantitative estimate of drug-likeness (QED) is 0.896. The second-order valence-corrected chi connectivity index (χ2v) is 7.57. The van der Waals surface area contributed by atoms with Crippen LogP contribution >= 0.6 is 0 Å². The maximum absolute atomic E-state index is 12.6. The van der Waals surface area contributed by atoms with Gasteiger partial charge in [0.25, 0.3) is 5.91 Å². The van der Waals surface area contributed by atoms with E-state index in [1.807, 2.05) is 26.0 Å². The van der Waals surface area contributed by atoms with Crippen LogP contribution in [0, 0.1) is 25.7 Å². The van der Waals surface area contributed by atoms with Crippen LogP contribution in [-0.4, -0.2) is 23.9 Å². The summed E-state index contributed by atoms with van der Waals surface area (Å²) in [5, 5.41) is 6.33. The lowest BCUT2D eigenvalue weighted by molar-refractivity contribution is -0.127. The van der Waals surface area contributed by atoms with Gasteiger partial charge in [0.1, 0.15) is 0 Å². The Morgan fingerprint density at radius 1 is 1.21 bits per heavy atom. The van der Waals surface area contributed by atoms with Gasteiger partial charge in [-0.2, -0.15) is 0 Å². The van der Waals surface area contributed by atoms with Crippen LogP contribution in [0.3, 0.4) is 0 Å². The average molecular weight is 328 g/mol. The van der Waals surface area contributed by atoms with Gasteiger partial charge in [0.2, 0.25) is 5.91 Å². The number of amides is 2. The van der Waals surface area contributed by atoms with Gasteiger partial charge in [-0.3, -0.25) is 9.59 Å². The summed E-state index contributed by atoms with van der Waals surface area (Å²) in [6.45, 7) is 6.20. The van der Waals surface area contributed by atoms with Gasteiger partial charge in [-0.15, -0.1) is 0 Å². The summed E-state index contributed by atoms with van der Waals surface area (Å²) < 4.78 is 0. The predicted molar refractivity (Wildman–Crippen MR) is 94.8 cm³/mol. The molecule has 0 bridgehead atoms. The fourth-order valence-corrected chi connectivity index (χ4v) is 4.53. The molecule has 1 aliphatic heterocycles. The molecule has 1 saturated carbocycles. The molecule has 2 fully saturated rings. The van der Waals surface area contributed by atoms with Gasteiger partial charge < -0.3 is 10.6 Å². The zero-order valence-electron chi connectivity index (χ0n) is 14.9. The van der Waals surface area contributed by atoms with Gasteiger partial charge in [-0.05, 0) is 57.1 Å². The molecule has 24 heavy (non-hydrogen) atoms. The number of nitrogens with one attached hydrogen (secondary N) is 2. The Labute approximate surface area is 144 Å². The molecule has 1 saturated heterocycles. The van der Waals surface area contributed by atoms with E-state index in [0.29, 0.717) is 18.3 Å². The van der Waals surface area contributed by atoms with E-state index in [4.69, 9.17) is 0 Å². The lowest BCUT2D eigenvalue weighted by Crippen LogP contribution is -2.55. The first-order chi connectivity index (χ1) is 11.5. The summed E-state index contributed by atoms with van der Waals surface area (Å²) in [6, 6.07) is 6.31. The van der Waals surface area contributed by atoms with Crippen molar-refractivity contribution in [2.45, 2.75) is 65.0 Å². The van der Waals surface area contributed by atoms with E-state index < -0.39 is 0 Å². The minimum atomic E-state index is -0.000530. The largest absolute Gasteiger partial charge is 0.353 e. The third-order valence-corrected chi connectivity index (χ3v) is 5.65. The molecule has 0 radical (unpaired) electrons. The van der Waals surface area contributed by atoms with Crippen LogP contribution in [0.25, 0.3) is 0 Å². The molecule has 1 aromatic carbocycles. The lowest BCUT2D eigenvalue weighted by atomic mass is 9.70. The highest BCUT2D eigenvalue weighted by molar-refractivity contribution is 5.94. The molecule has 0 aromatic heterocycles. The van der Waals surface area contributed by atoms with Crippen LogP contribution in [0.2, 0.25) is 0 Å². The third kappa shape index (κ3) is 3.63. The average Bonchev–Trinajstić information content (AvgIpc) is 2.52. The fraction of sp³-hybridized carbons (Fsp3) is 0.600. The number of fused-ring (bicyclic) bond motifs is 1. The van der Waals surface area contributed by atoms with E-state index in [9.17, 15) is 9.59 Å². The Balaban J connectivity index is 1.65. The Morgan fingerprint density at radius 3 is 2.58 bits per heavy atom. The highest BCUT2D eigenvalue weighted by atomic mass is 16.2. The molecule has 1 heterocycles. The minimum absolute atomic E-state index is 0.000530. The Hall–Kier alpha value is -1.84. The number of carbonyl (C=O) groups is 2. The van der Waals surface area contributed by atoms with Crippen molar-refractivity contribution in [2.24, 2.45) is 11.8 Å². The zero-order chi connectivity index (χ0) is 17.3. The maximum atomic E-state index is 12.6. The SMILES string of the molecule is CCC1CC(=O)NC2CC(NC(=O)c3cc(C)cc(C)c3)CCC12. The normalized spacial score (nSPS) is 29.5. The molecule has 4 unspecified atom stereocenters. The van der Waals surface area contributed by atoms with Gasteiger partial charge in [0.15, 0.2) is 0 Å². The van der Waals surface area contributed by atoms with Crippen molar-refractivity contribution < 1.29 is 9.59 Å². The van der Waals surface area contributed by atoms with Crippen LogP contribution in [0.1, 0.15) is 60.5 Å². The molecule has 0 spiro atoms. The molecule has 3 rings (SSSR count). The smallest absolute Gasteiger partial charge is 0.251 e. The fourth-order valence-electron chi connectivity index (χ4n) is 4.53. The first-order valence-electron chi connectivity index (χ1n) is 9.14. The van der Waals surface area contributed by atoms with Crippen molar-refractivity contribution in [3.63, 3.8) is 0 Å². The van der Waals surface area contributed by atoms with Gasteiger partial charge in [0.05, 0.1) is 0 Å². The number of aryl methyl sites for hydroxylation is 2. The molecule has 4 heteroatoms. The van der Waals surface area contributed by atoms with Crippen LogP contribution in [0.4, 0.5) is 0 Å². The van der Waals surface area contributed by atoms with E-state index in [2.05, 4.69) is 23.6 Å². The molecule has 130 valence electrons. The van der Waals surface area contributed by atoms with E-state index in [1.165, 1.54) is 0 Å². The molecule has 2 N–H and O–H groups in total. The summed E-state index contributed by atoms with van der Waals surface area (Å²) in [4.78, 5) is 24.5. The molecular formula is C20H28N2O2. The van der Waals surface area contributed by atoms with Gasteiger partial charge >= 0.3 is 0 Å².